The fraction of sp³-hybridized carbons (Fsp3) is 0.222. The van der Waals surface area contributed by atoms with Gasteiger partial charge in [0.2, 0.25) is 5.95 Å². The maximum absolute atomic E-state index is 13.4. The van der Waals surface area contributed by atoms with Crippen molar-refractivity contribution in [3.05, 3.63) is 71.8 Å². The first-order valence-electron chi connectivity index (χ1n) is 8.54. The highest BCUT2D eigenvalue weighted by Crippen LogP contribution is 2.36. The summed E-state index contributed by atoms with van der Waals surface area (Å²) in [4.78, 5) is 18.3. The molecule has 1 aliphatic rings. The second-order valence-corrected chi connectivity index (χ2v) is 6.32. The lowest BCUT2D eigenvalue weighted by atomic mass is 10.00. The maximum Gasteiger partial charge on any atom is 0.265 e. The first-order valence-corrected chi connectivity index (χ1v) is 8.54. The Labute approximate surface area is 152 Å². The highest BCUT2D eigenvalue weighted by molar-refractivity contribution is 5.58. The summed E-state index contributed by atoms with van der Waals surface area (Å²) in [5.74, 6) is 0.558. The molecule has 5 rings (SSSR count). The zero-order valence-electron chi connectivity index (χ0n) is 14.1. The Morgan fingerprint density at radius 2 is 2.00 bits per heavy atom. The monoisotopic (exact) mass is 367 g/mol. The Morgan fingerprint density at radius 3 is 2.81 bits per heavy atom. The average molecular weight is 367 g/mol. The third-order valence-corrected chi connectivity index (χ3v) is 4.80. The second-order valence-electron chi connectivity index (χ2n) is 6.32. The fourth-order valence-corrected chi connectivity index (χ4v) is 3.61. The molecule has 9 heteroatoms. The van der Waals surface area contributed by atoms with E-state index >= 15 is 0 Å². The average Bonchev–Trinajstić information content (AvgIpc) is 3.34. The number of aromatic nitrogens is 6. The first-order chi connectivity index (χ1) is 13.2. The molecule has 136 valence electrons. The second kappa shape index (κ2) is 6.11. The van der Waals surface area contributed by atoms with Crippen LogP contribution >= 0.6 is 0 Å². The van der Waals surface area contributed by atoms with E-state index in [1.807, 2.05) is 4.90 Å². The van der Waals surface area contributed by atoms with Gasteiger partial charge in [-0.15, -0.1) is 0 Å². The number of pyridine rings is 1. The summed E-state index contributed by atoms with van der Waals surface area (Å²) >= 11 is 0. The smallest absolute Gasteiger partial charge is 0.265 e. The predicted octanol–water partition coefficient (Wildman–Crippen LogP) is 2.94. The number of hydrogen-bond acceptors (Lipinski definition) is 5. The van der Waals surface area contributed by atoms with Crippen LogP contribution in [0.2, 0.25) is 0 Å². The van der Waals surface area contributed by atoms with Crippen LogP contribution in [0, 0.1) is 0 Å². The van der Waals surface area contributed by atoms with Crippen molar-refractivity contribution in [1.29, 1.82) is 0 Å². The van der Waals surface area contributed by atoms with Crippen molar-refractivity contribution in [2.75, 3.05) is 11.4 Å². The summed E-state index contributed by atoms with van der Waals surface area (Å²) in [6, 6.07) is 6.09. The van der Waals surface area contributed by atoms with Crippen LogP contribution in [0.3, 0.4) is 0 Å². The van der Waals surface area contributed by atoms with E-state index in [-0.39, 0.29) is 11.6 Å². The lowest BCUT2D eigenvalue weighted by molar-refractivity contribution is 0.152. The molecule has 1 aliphatic heterocycles. The summed E-state index contributed by atoms with van der Waals surface area (Å²) in [6.45, 7) is 0.666. The van der Waals surface area contributed by atoms with Crippen molar-refractivity contribution in [2.24, 2.45) is 0 Å². The van der Waals surface area contributed by atoms with E-state index in [0.29, 0.717) is 23.7 Å². The SMILES string of the molecule is FC(F)c1cccn2nc([C@H]3c4nc[nH]c4CCN3c3ncccn3)cc12. The van der Waals surface area contributed by atoms with Crippen LogP contribution in [-0.4, -0.2) is 36.1 Å². The van der Waals surface area contributed by atoms with Crippen LogP contribution in [0.4, 0.5) is 14.7 Å². The molecule has 5 heterocycles. The minimum absolute atomic E-state index is 0.0446. The minimum Gasteiger partial charge on any atom is -0.348 e. The number of nitrogens with zero attached hydrogens (tertiary/aromatic N) is 6. The van der Waals surface area contributed by atoms with Crippen molar-refractivity contribution in [3.63, 3.8) is 0 Å². The molecule has 0 bridgehead atoms. The summed E-state index contributed by atoms with van der Waals surface area (Å²) in [7, 11) is 0. The van der Waals surface area contributed by atoms with Crippen LogP contribution in [0.25, 0.3) is 5.52 Å². The Bertz CT molecular complexity index is 1090. The number of fused-ring (bicyclic) bond motifs is 2. The number of halogens is 2. The highest BCUT2D eigenvalue weighted by atomic mass is 19.3. The molecule has 0 saturated carbocycles. The summed E-state index contributed by atoms with van der Waals surface area (Å²) in [5.41, 5.74) is 2.80. The normalized spacial score (nSPS) is 16.9. The van der Waals surface area contributed by atoms with Gasteiger partial charge >= 0.3 is 0 Å². The lowest BCUT2D eigenvalue weighted by Crippen LogP contribution is -2.37. The molecule has 4 aromatic rings. The molecule has 0 radical (unpaired) electrons. The number of nitrogens with one attached hydrogen (secondary N) is 1. The molecule has 0 spiro atoms. The van der Waals surface area contributed by atoms with Gasteiger partial charge in [-0.1, -0.05) is 0 Å². The Morgan fingerprint density at radius 1 is 1.15 bits per heavy atom. The zero-order valence-corrected chi connectivity index (χ0v) is 14.1. The summed E-state index contributed by atoms with van der Waals surface area (Å²) < 4.78 is 28.3. The molecule has 4 aromatic heterocycles. The number of aromatic amines is 1. The quantitative estimate of drug-likeness (QED) is 0.603. The number of hydrogen-bond donors (Lipinski definition) is 1. The van der Waals surface area contributed by atoms with E-state index in [1.54, 1.807) is 43.1 Å². The predicted molar refractivity (Wildman–Crippen MR) is 93.7 cm³/mol. The van der Waals surface area contributed by atoms with E-state index in [9.17, 15) is 8.78 Å². The van der Waals surface area contributed by atoms with Crippen LogP contribution in [0.5, 0.6) is 0 Å². The van der Waals surface area contributed by atoms with E-state index < -0.39 is 6.43 Å². The number of alkyl halides is 2. The van der Waals surface area contributed by atoms with Crippen LogP contribution < -0.4 is 4.90 Å². The number of H-pyrrole nitrogens is 1. The molecule has 1 N–H and O–H groups in total. The van der Waals surface area contributed by atoms with Gasteiger partial charge in [-0.3, -0.25) is 0 Å². The van der Waals surface area contributed by atoms with Crippen molar-refractivity contribution < 1.29 is 8.78 Å². The van der Waals surface area contributed by atoms with Crippen LogP contribution in [0.1, 0.15) is 35.1 Å². The summed E-state index contributed by atoms with van der Waals surface area (Å²) in [5, 5.41) is 4.57. The molecule has 0 saturated heterocycles. The first kappa shape index (κ1) is 15.9. The van der Waals surface area contributed by atoms with Gasteiger partial charge in [0.1, 0.15) is 6.04 Å². The van der Waals surface area contributed by atoms with Crippen molar-refractivity contribution in [2.45, 2.75) is 18.9 Å². The van der Waals surface area contributed by atoms with Gasteiger partial charge in [0.05, 0.1) is 23.2 Å². The Hall–Kier alpha value is -3.36. The van der Waals surface area contributed by atoms with Crippen molar-refractivity contribution in [1.82, 2.24) is 29.5 Å². The van der Waals surface area contributed by atoms with E-state index in [1.165, 1.54) is 10.6 Å². The van der Waals surface area contributed by atoms with Gasteiger partial charge in [0.25, 0.3) is 6.43 Å². The highest BCUT2D eigenvalue weighted by Gasteiger charge is 2.34. The molecular formula is C18H15F2N7. The van der Waals surface area contributed by atoms with Gasteiger partial charge in [-0.25, -0.2) is 28.2 Å². The van der Waals surface area contributed by atoms with Gasteiger partial charge in [-0.05, 0) is 24.3 Å². The third kappa shape index (κ3) is 2.54. The van der Waals surface area contributed by atoms with Gasteiger partial charge in [0, 0.05) is 42.8 Å². The topological polar surface area (TPSA) is 75.0 Å². The Balaban J connectivity index is 1.68. The molecule has 7 nitrogen and oxygen atoms in total. The standard InChI is InChI=1S/C18H15F2N7/c19-17(20)11-3-1-7-27-14(11)9-13(25-27)16-15-12(23-10-24-15)4-8-26(16)18-21-5-2-6-22-18/h1-3,5-7,9-10,16-17H,4,8H2,(H,23,24)/t16-/m0/s1. The molecule has 0 aromatic carbocycles. The lowest BCUT2D eigenvalue weighted by Gasteiger charge is -2.33. The van der Waals surface area contributed by atoms with E-state index in [4.69, 9.17) is 0 Å². The molecular weight excluding hydrogens is 352 g/mol. The Kier molecular flexibility index (Phi) is 3.59. The number of anilines is 1. The van der Waals surface area contributed by atoms with Crippen LogP contribution in [-0.2, 0) is 6.42 Å². The van der Waals surface area contributed by atoms with E-state index in [0.717, 1.165) is 17.8 Å². The van der Waals surface area contributed by atoms with Crippen LogP contribution in [0.15, 0.2) is 49.2 Å². The molecule has 0 fully saturated rings. The number of imidazole rings is 1. The van der Waals surface area contributed by atoms with Gasteiger partial charge < -0.3 is 9.88 Å². The van der Waals surface area contributed by atoms with Gasteiger partial charge in [0.15, 0.2) is 0 Å². The van der Waals surface area contributed by atoms with E-state index in [2.05, 4.69) is 25.0 Å². The molecule has 0 aliphatic carbocycles. The van der Waals surface area contributed by atoms with Gasteiger partial charge in [-0.2, -0.15) is 5.10 Å². The molecule has 0 amide bonds. The summed E-state index contributed by atoms with van der Waals surface area (Å²) in [6.07, 6.45) is 4.87. The minimum atomic E-state index is -2.57. The third-order valence-electron chi connectivity index (χ3n) is 4.80. The maximum atomic E-state index is 13.4. The number of rotatable bonds is 3. The zero-order chi connectivity index (χ0) is 18.4. The molecule has 0 unspecified atom stereocenters. The largest absolute Gasteiger partial charge is 0.348 e. The molecule has 27 heavy (non-hydrogen) atoms. The fourth-order valence-electron chi connectivity index (χ4n) is 3.61. The molecule has 1 atom stereocenters. The van der Waals surface area contributed by atoms with Crippen molar-refractivity contribution >= 4 is 11.5 Å². The van der Waals surface area contributed by atoms with Crippen molar-refractivity contribution in [3.8, 4) is 0 Å².